The van der Waals surface area contributed by atoms with Gasteiger partial charge in [0.2, 0.25) is 0 Å². The third-order valence-electron chi connectivity index (χ3n) is 2.46. The minimum atomic E-state index is -1.18. The number of halogens is 2. The Labute approximate surface area is 107 Å². The molecular formula is C13H8ClFO3. The van der Waals surface area contributed by atoms with Gasteiger partial charge in [0.1, 0.15) is 11.6 Å². The van der Waals surface area contributed by atoms with Gasteiger partial charge in [0, 0.05) is 11.6 Å². The van der Waals surface area contributed by atoms with Crippen LogP contribution in [0.3, 0.4) is 0 Å². The van der Waals surface area contributed by atoms with E-state index in [-0.39, 0.29) is 21.9 Å². The van der Waals surface area contributed by atoms with Crippen molar-refractivity contribution >= 4 is 17.6 Å². The van der Waals surface area contributed by atoms with Gasteiger partial charge in [0.15, 0.2) is 0 Å². The van der Waals surface area contributed by atoms with Crippen molar-refractivity contribution in [2.24, 2.45) is 0 Å². The topological polar surface area (TPSA) is 57.5 Å². The number of carboxylic acid groups (broad SMARTS) is 1. The highest BCUT2D eigenvalue weighted by molar-refractivity contribution is 6.33. The van der Waals surface area contributed by atoms with Gasteiger partial charge >= 0.3 is 5.97 Å². The lowest BCUT2D eigenvalue weighted by Gasteiger charge is -2.06. The predicted molar refractivity (Wildman–Crippen MR) is 65.5 cm³/mol. The number of hydrogen-bond acceptors (Lipinski definition) is 2. The van der Waals surface area contributed by atoms with Gasteiger partial charge < -0.3 is 10.2 Å². The second-order valence-corrected chi connectivity index (χ2v) is 4.07. The van der Waals surface area contributed by atoms with Gasteiger partial charge in [-0.15, -0.1) is 0 Å². The van der Waals surface area contributed by atoms with E-state index in [1.165, 1.54) is 30.3 Å². The van der Waals surface area contributed by atoms with Gasteiger partial charge in [0.25, 0.3) is 0 Å². The summed E-state index contributed by atoms with van der Waals surface area (Å²) in [5.41, 5.74) is 0.489. The van der Waals surface area contributed by atoms with Crippen LogP contribution in [0.15, 0.2) is 36.4 Å². The van der Waals surface area contributed by atoms with E-state index in [0.717, 1.165) is 6.07 Å². The smallest absolute Gasteiger partial charge is 0.337 e. The predicted octanol–water partition coefficient (Wildman–Crippen LogP) is 3.55. The SMILES string of the molecule is O=C(O)c1cc(-c2ccc(O)cc2F)ccc1Cl. The van der Waals surface area contributed by atoms with E-state index in [1.807, 2.05) is 0 Å². The van der Waals surface area contributed by atoms with Gasteiger partial charge in [-0.1, -0.05) is 17.7 Å². The molecule has 0 aliphatic carbocycles. The summed E-state index contributed by atoms with van der Waals surface area (Å²) in [6, 6.07) is 7.87. The fraction of sp³-hybridized carbons (Fsp3) is 0. The molecule has 0 radical (unpaired) electrons. The quantitative estimate of drug-likeness (QED) is 0.874. The van der Waals surface area contributed by atoms with E-state index >= 15 is 0 Å². The van der Waals surface area contributed by atoms with Crippen LogP contribution in [0.5, 0.6) is 5.75 Å². The summed E-state index contributed by atoms with van der Waals surface area (Å²) >= 11 is 5.73. The summed E-state index contributed by atoms with van der Waals surface area (Å²) in [6.45, 7) is 0. The maximum atomic E-state index is 13.6. The van der Waals surface area contributed by atoms with Crippen molar-refractivity contribution in [2.45, 2.75) is 0 Å². The Morgan fingerprint density at radius 3 is 2.50 bits per heavy atom. The Morgan fingerprint density at radius 1 is 1.17 bits per heavy atom. The zero-order valence-corrected chi connectivity index (χ0v) is 9.78. The first kappa shape index (κ1) is 12.4. The van der Waals surface area contributed by atoms with Crippen LogP contribution in [0.25, 0.3) is 11.1 Å². The van der Waals surface area contributed by atoms with Gasteiger partial charge in [-0.3, -0.25) is 0 Å². The molecule has 0 spiro atoms. The molecule has 18 heavy (non-hydrogen) atoms. The molecule has 0 atom stereocenters. The molecule has 0 aliphatic heterocycles. The zero-order valence-electron chi connectivity index (χ0n) is 9.02. The molecule has 0 aliphatic rings. The van der Waals surface area contributed by atoms with Crippen molar-refractivity contribution in [3.05, 3.63) is 52.8 Å². The monoisotopic (exact) mass is 266 g/mol. The van der Waals surface area contributed by atoms with Crippen LogP contribution in [0.2, 0.25) is 5.02 Å². The minimum Gasteiger partial charge on any atom is -0.508 e. The highest BCUT2D eigenvalue weighted by Crippen LogP contribution is 2.29. The molecule has 3 nitrogen and oxygen atoms in total. The molecule has 2 rings (SSSR count). The van der Waals surface area contributed by atoms with Crippen LogP contribution in [-0.2, 0) is 0 Å². The average molecular weight is 267 g/mol. The first-order valence-corrected chi connectivity index (χ1v) is 5.38. The average Bonchev–Trinajstić information content (AvgIpc) is 2.30. The molecule has 5 heteroatoms. The van der Waals surface area contributed by atoms with Gasteiger partial charge in [-0.25, -0.2) is 9.18 Å². The lowest BCUT2D eigenvalue weighted by molar-refractivity contribution is 0.0697. The number of phenolic OH excluding ortho intramolecular Hbond substituents is 1. The summed E-state index contributed by atoms with van der Waals surface area (Å²) in [7, 11) is 0. The standard InChI is InChI=1S/C13H8ClFO3/c14-11-4-1-7(5-10(11)13(17)18)9-3-2-8(16)6-12(9)15/h1-6,16H,(H,17,18). The minimum absolute atomic E-state index is 0.0884. The van der Waals surface area contributed by atoms with Crippen LogP contribution in [-0.4, -0.2) is 16.2 Å². The van der Waals surface area contributed by atoms with E-state index in [2.05, 4.69) is 0 Å². The van der Waals surface area contributed by atoms with Gasteiger partial charge in [-0.2, -0.15) is 0 Å². The Hall–Kier alpha value is -2.07. The van der Waals surface area contributed by atoms with Crippen LogP contribution in [0, 0.1) is 5.82 Å². The number of rotatable bonds is 2. The fourth-order valence-electron chi connectivity index (χ4n) is 1.59. The van der Waals surface area contributed by atoms with Crippen LogP contribution in [0.1, 0.15) is 10.4 Å². The molecule has 0 amide bonds. The summed E-state index contributed by atoms with van der Waals surface area (Å²) in [5, 5.41) is 18.1. The van der Waals surface area contributed by atoms with Crippen LogP contribution < -0.4 is 0 Å². The molecule has 2 aromatic rings. The summed E-state index contributed by atoms with van der Waals surface area (Å²) in [5.74, 6) is -2.00. The fourth-order valence-corrected chi connectivity index (χ4v) is 1.79. The maximum Gasteiger partial charge on any atom is 0.337 e. The molecule has 0 saturated carbocycles. The highest BCUT2D eigenvalue weighted by Gasteiger charge is 2.12. The van der Waals surface area contributed by atoms with Crippen molar-refractivity contribution in [3.63, 3.8) is 0 Å². The molecule has 2 aromatic carbocycles. The van der Waals surface area contributed by atoms with Crippen molar-refractivity contribution in [2.75, 3.05) is 0 Å². The third-order valence-corrected chi connectivity index (χ3v) is 2.79. The normalized spacial score (nSPS) is 10.3. The number of carboxylic acids is 1. The highest BCUT2D eigenvalue weighted by atomic mass is 35.5. The molecule has 0 heterocycles. The molecule has 0 saturated heterocycles. The number of benzene rings is 2. The molecule has 0 fully saturated rings. The van der Waals surface area contributed by atoms with Crippen molar-refractivity contribution in [3.8, 4) is 16.9 Å². The second-order valence-electron chi connectivity index (χ2n) is 3.66. The third kappa shape index (κ3) is 2.28. The van der Waals surface area contributed by atoms with E-state index in [0.29, 0.717) is 5.56 Å². The van der Waals surface area contributed by atoms with Crippen LogP contribution >= 0.6 is 11.6 Å². The molecule has 92 valence electrons. The van der Waals surface area contributed by atoms with E-state index in [1.54, 1.807) is 0 Å². The number of aromatic hydroxyl groups is 1. The van der Waals surface area contributed by atoms with Gasteiger partial charge in [0.05, 0.1) is 10.6 Å². The first-order valence-electron chi connectivity index (χ1n) is 5.01. The Bertz CT molecular complexity index is 626. The molecule has 0 unspecified atom stereocenters. The largest absolute Gasteiger partial charge is 0.508 e. The summed E-state index contributed by atoms with van der Waals surface area (Å²) in [6.07, 6.45) is 0. The lowest BCUT2D eigenvalue weighted by atomic mass is 10.0. The number of hydrogen-bond donors (Lipinski definition) is 2. The van der Waals surface area contributed by atoms with Gasteiger partial charge in [-0.05, 0) is 29.8 Å². The van der Waals surface area contributed by atoms with Crippen LogP contribution in [0.4, 0.5) is 4.39 Å². The zero-order chi connectivity index (χ0) is 13.3. The Balaban J connectivity index is 2.58. The molecular weight excluding hydrogens is 259 g/mol. The number of aromatic carboxylic acids is 1. The van der Waals surface area contributed by atoms with E-state index in [4.69, 9.17) is 21.8 Å². The second kappa shape index (κ2) is 4.66. The molecule has 0 aromatic heterocycles. The van der Waals surface area contributed by atoms with Crippen molar-refractivity contribution in [1.29, 1.82) is 0 Å². The molecule has 0 bridgehead atoms. The van der Waals surface area contributed by atoms with E-state index in [9.17, 15) is 9.18 Å². The van der Waals surface area contributed by atoms with E-state index < -0.39 is 11.8 Å². The Morgan fingerprint density at radius 2 is 1.89 bits per heavy atom. The first-order chi connectivity index (χ1) is 8.49. The number of carbonyl (C=O) groups is 1. The summed E-state index contributed by atoms with van der Waals surface area (Å²) < 4.78 is 13.6. The summed E-state index contributed by atoms with van der Waals surface area (Å²) in [4.78, 5) is 10.9. The Kier molecular flexibility index (Phi) is 3.21. The van der Waals surface area contributed by atoms with Crippen molar-refractivity contribution in [1.82, 2.24) is 0 Å². The maximum absolute atomic E-state index is 13.6. The lowest BCUT2D eigenvalue weighted by Crippen LogP contribution is -1.98. The van der Waals surface area contributed by atoms with Crippen molar-refractivity contribution < 1.29 is 19.4 Å². The number of phenols is 1. The molecule has 2 N–H and O–H groups in total.